The number of benzene rings is 1. The summed E-state index contributed by atoms with van der Waals surface area (Å²) in [7, 11) is 0. The molecule has 3 aliphatic rings. The highest BCUT2D eigenvalue weighted by atomic mass is 32.1. The van der Waals surface area contributed by atoms with Gasteiger partial charge in [-0.2, -0.15) is 0 Å². The van der Waals surface area contributed by atoms with Gasteiger partial charge in [0.15, 0.2) is 6.10 Å². The molecule has 2 aromatic rings. The number of fused-ring (bicyclic) bond motifs is 3. The van der Waals surface area contributed by atoms with Crippen LogP contribution in [0.15, 0.2) is 29.6 Å². The van der Waals surface area contributed by atoms with Crippen molar-refractivity contribution in [3.8, 4) is 10.6 Å². The summed E-state index contributed by atoms with van der Waals surface area (Å²) in [4.78, 5) is 38.9. The maximum Gasteiger partial charge on any atom is 0.408 e. The molecule has 3 fully saturated rings. The average molecular weight is 524 g/mol. The molecular formula is C24H30FN3O7S. The molecule has 0 spiro atoms. The van der Waals surface area contributed by atoms with Gasteiger partial charge < -0.3 is 25.4 Å². The topological polar surface area (TPSA) is 149 Å². The van der Waals surface area contributed by atoms with Gasteiger partial charge in [0, 0.05) is 17.5 Å². The van der Waals surface area contributed by atoms with Crippen LogP contribution < -0.4 is 5.32 Å². The minimum absolute atomic E-state index is 0.0199. The molecule has 0 aliphatic carbocycles. The molecule has 4 N–H and O–H groups in total. The zero-order valence-electron chi connectivity index (χ0n) is 20.0. The van der Waals surface area contributed by atoms with Crippen molar-refractivity contribution >= 4 is 29.4 Å². The standard InChI is InChI=1S/C20H24FN3O2S.C4H6O5/c1-20(2,17-12-27-18(22-17)14-3-5-15(21)6-4-14)23-19(25)26-16-11-24-9-7-13(16)8-10-24;5-2(4(8)9)1-3(6)7/h3-6,12-13,16H,7-11H2,1-2H3,(H,23,25);2,5H,1H2,(H,6,7)(H,8,9)/t16-;2-/m00/s1. The van der Waals surface area contributed by atoms with Gasteiger partial charge in [0.25, 0.3) is 0 Å². The van der Waals surface area contributed by atoms with E-state index in [0.29, 0.717) is 5.92 Å². The van der Waals surface area contributed by atoms with Crippen LogP contribution >= 0.6 is 11.3 Å². The number of piperidine rings is 3. The predicted octanol–water partition coefficient (Wildman–Crippen LogP) is 2.91. The number of carbonyl (C=O) groups is 3. The maximum absolute atomic E-state index is 13.1. The third-order valence-corrected chi connectivity index (χ3v) is 7.05. The summed E-state index contributed by atoms with van der Waals surface area (Å²) >= 11 is 1.48. The number of nitrogens with one attached hydrogen (secondary N) is 1. The number of carboxylic acid groups (broad SMARTS) is 2. The molecular weight excluding hydrogens is 493 g/mol. The third-order valence-electron chi connectivity index (χ3n) is 6.16. The first kappa shape index (κ1) is 27.5. The Hall–Kier alpha value is -3.09. The minimum Gasteiger partial charge on any atom is -0.481 e. The van der Waals surface area contributed by atoms with Crippen LogP contribution in [-0.2, 0) is 19.9 Å². The van der Waals surface area contributed by atoms with Gasteiger partial charge >= 0.3 is 18.0 Å². The fourth-order valence-electron chi connectivity index (χ4n) is 4.07. The normalized spacial score (nSPS) is 21.6. The van der Waals surface area contributed by atoms with Crippen LogP contribution in [0.1, 0.15) is 38.8 Å². The number of nitrogens with zero attached hydrogens (tertiary/aromatic N) is 2. The van der Waals surface area contributed by atoms with Gasteiger partial charge in [-0.3, -0.25) is 9.69 Å². The van der Waals surface area contributed by atoms with E-state index in [1.165, 1.54) is 23.5 Å². The highest BCUT2D eigenvalue weighted by Crippen LogP contribution is 2.31. The van der Waals surface area contributed by atoms with Gasteiger partial charge in [0.1, 0.15) is 16.9 Å². The molecule has 1 amide bonds. The Bertz CT molecular complexity index is 1070. The highest BCUT2D eigenvalue weighted by molar-refractivity contribution is 7.13. The Morgan fingerprint density at radius 1 is 1.22 bits per heavy atom. The minimum atomic E-state index is -1.79. The maximum atomic E-state index is 13.1. The second kappa shape index (κ2) is 11.8. The van der Waals surface area contributed by atoms with Gasteiger partial charge in [0.05, 0.1) is 17.7 Å². The number of carbonyl (C=O) groups excluding carboxylic acids is 1. The number of carboxylic acids is 2. The number of thiazole rings is 1. The summed E-state index contributed by atoms with van der Waals surface area (Å²) in [6, 6.07) is 6.26. The van der Waals surface area contributed by atoms with Crippen molar-refractivity contribution in [2.24, 2.45) is 5.92 Å². The molecule has 0 radical (unpaired) electrons. The summed E-state index contributed by atoms with van der Waals surface area (Å²) in [5.41, 5.74) is 0.968. The van der Waals surface area contributed by atoms with E-state index >= 15 is 0 Å². The van der Waals surface area contributed by atoms with Crippen molar-refractivity contribution in [1.82, 2.24) is 15.2 Å². The number of aliphatic hydroxyl groups excluding tert-OH is 1. The number of hydrogen-bond acceptors (Lipinski definition) is 8. The molecule has 0 saturated carbocycles. The lowest BCUT2D eigenvalue weighted by Gasteiger charge is -2.44. The number of halogens is 1. The Labute approximate surface area is 211 Å². The molecule has 196 valence electrons. The van der Waals surface area contributed by atoms with Crippen molar-refractivity contribution in [1.29, 1.82) is 0 Å². The van der Waals surface area contributed by atoms with E-state index in [1.54, 1.807) is 12.1 Å². The fraction of sp³-hybridized carbons (Fsp3) is 0.500. The van der Waals surface area contributed by atoms with Crippen LogP contribution in [-0.4, -0.2) is 75.1 Å². The fourth-order valence-corrected chi connectivity index (χ4v) is 5.06. The predicted molar refractivity (Wildman–Crippen MR) is 129 cm³/mol. The Morgan fingerprint density at radius 3 is 2.36 bits per heavy atom. The van der Waals surface area contributed by atoms with Gasteiger partial charge in [-0.25, -0.2) is 19.0 Å². The van der Waals surface area contributed by atoms with Crippen LogP contribution in [0.25, 0.3) is 10.6 Å². The summed E-state index contributed by atoms with van der Waals surface area (Å²) in [6.07, 6.45) is -0.746. The molecule has 3 aliphatic heterocycles. The number of aromatic nitrogens is 1. The van der Waals surface area contributed by atoms with Crippen molar-refractivity contribution in [2.75, 3.05) is 19.6 Å². The van der Waals surface area contributed by atoms with Gasteiger partial charge in [-0.1, -0.05) is 0 Å². The monoisotopic (exact) mass is 523 g/mol. The van der Waals surface area contributed by atoms with E-state index in [4.69, 9.17) is 20.1 Å². The Kier molecular flexibility index (Phi) is 8.98. The molecule has 0 unspecified atom stereocenters. The van der Waals surface area contributed by atoms with Crippen LogP contribution in [0.4, 0.5) is 9.18 Å². The number of ether oxygens (including phenoxy) is 1. The van der Waals surface area contributed by atoms with Crippen LogP contribution in [0, 0.1) is 11.7 Å². The van der Waals surface area contributed by atoms with Crippen molar-refractivity contribution in [2.45, 2.75) is 50.9 Å². The molecule has 3 saturated heterocycles. The second-order valence-corrected chi connectivity index (χ2v) is 10.2. The zero-order valence-corrected chi connectivity index (χ0v) is 20.8. The lowest BCUT2D eigenvalue weighted by Crippen LogP contribution is -2.53. The SMILES string of the molecule is CC(C)(NC(=O)O[C@H]1CN2CCC1CC2)c1csc(-c2ccc(F)cc2)n1.O=C(O)C[C@H](O)C(=O)O. The molecule has 2 bridgehead atoms. The van der Waals surface area contributed by atoms with E-state index in [-0.39, 0.29) is 11.9 Å². The summed E-state index contributed by atoms with van der Waals surface area (Å²) in [6.45, 7) is 6.89. The van der Waals surface area contributed by atoms with Gasteiger partial charge in [0.2, 0.25) is 0 Å². The van der Waals surface area contributed by atoms with Crippen molar-refractivity contribution < 1.29 is 38.8 Å². The number of hydrogen-bond donors (Lipinski definition) is 4. The number of aliphatic hydroxyl groups is 1. The summed E-state index contributed by atoms with van der Waals surface area (Å²) < 4.78 is 18.8. The summed E-state index contributed by atoms with van der Waals surface area (Å²) in [5.74, 6) is -2.64. The number of aliphatic carboxylic acids is 2. The highest BCUT2D eigenvalue weighted by Gasteiger charge is 2.37. The quantitative estimate of drug-likeness (QED) is 0.430. The van der Waals surface area contributed by atoms with Crippen LogP contribution in [0.2, 0.25) is 0 Å². The van der Waals surface area contributed by atoms with Crippen LogP contribution in [0.3, 0.4) is 0 Å². The molecule has 36 heavy (non-hydrogen) atoms. The zero-order chi connectivity index (χ0) is 26.5. The van der Waals surface area contributed by atoms with E-state index in [0.717, 1.165) is 48.7 Å². The average Bonchev–Trinajstić information content (AvgIpc) is 3.31. The number of rotatable bonds is 7. The van der Waals surface area contributed by atoms with E-state index < -0.39 is 36.1 Å². The lowest BCUT2D eigenvalue weighted by atomic mass is 9.86. The molecule has 4 heterocycles. The van der Waals surface area contributed by atoms with Gasteiger partial charge in [-0.05, 0) is 70.0 Å². The van der Waals surface area contributed by atoms with E-state index in [2.05, 4.69) is 15.2 Å². The molecule has 12 heteroatoms. The van der Waals surface area contributed by atoms with E-state index in [1.807, 2.05) is 19.2 Å². The molecule has 1 aromatic heterocycles. The largest absolute Gasteiger partial charge is 0.481 e. The molecule has 2 atom stereocenters. The smallest absolute Gasteiger partial charge is 0.408 e. The van der Waals surface area contributed by atoms with E-state index in [9.17, 15) is 18.8 Å². The van der Waals surface area contributed by atoms with Gasteiger partial charge in [-0.15, -0.1) is 11.3 Å². The third kappa shape index (κ3) is 7.45. The lowest BCUT2D eigenvalue weighted by molar-refractivity contribution is -0.152. The summed E-state index contributed by atoms with van der Waals surface area (Å²) in [5, 5.41) is 29.8. The Balaban J connectivity index is 0.000000345. The Morgan fingerprint density at radius 2 is 1.86 bits per heavy atom. The first-order valence-corrected chi connectivity index (χ1v) is 12.4. The first-order chi connectivity index (χ1) is 16.9. The van der Waals surface area contributed by atoms with Crippen molar-refractivity contribution in [3.63, 3.8) is 0 Å². The number of amides is 1. The first-order valence-electron chi connectivity index (χ1n) is 11.5. The van der Waals surface area contributed by atoms with Crippen LogP contribution in [0.5, 0.6) is 0 Å². The molecule has 10 nitrogen and oxygen atoms in total. The molecule has 1 aromatic carbocycles. The van der Waals surface area contributed by atoms with Crippen molar-refractivity contribution in [3.05, 3.63) is 41.2 Å². The second-order valence-electron chi connectivity index (χ2n) is 9.33. The number of alkyl carbamates (subject to hydrolysis) is 1. The molecule has 5 rings (SSSR count).